The lowest BCUT2D eigenvalue weighted by Crippen LogP contribution is -2.48. The van der Waals surface area contributed by atoms with Crippen molar-refractivity contribution in [2.75, 3.05) is 19.1 Å². The predicted octanol–water partition coefficient (Wildman–Crippen LogP) is 6.02. The van der Waals surface area contributed by atoms with Crippen LogP contribution in [0.25, 0.3) is 6.08 Å². The first-order chi connectivity index (χ1) is 20.0. The minimum absolute atomic E-state index is 0.187. The molecule has 2 heterocycles. The summed E-state index contributed by atoms with van der Waals surface area (Å²) in [7, 11) is 3.15. The van der Waals surface area contributed by atoms with E-state index in [0.717, 1.165) is 16.8 Å². The predicted molar refractivity (Wildman–Crippen MR) is 156 cm³/mol. The van der Waals surface area contributed by atoms with E-state index in [4.69, 9.17) is 9.47 Å². The van der Waals surface area contributed by atoms with E-state index in [1.54, 1.807) is 62.8 Å². The minimum atomic E-state index is -1.54. The fraction of sp³-hybridized carbons (Fsp3) is 0.171. The third-order valence-electron chi connectivity index (χ3n) is 8.81. The maximum absolute atomic E-state index is 14.7. The van der Waals surface area contributed by atoms with Crippen LogP contribution in [0.3, 0.4) is 0 Å². The van der Waals surface area contributed by atoms with Crippen molar-refractivity contribution in [1.82, 2.24) is 0 Å². The second-order valence-corrected chi connectivity index (χ2v) is 10.6. The quantitative estimate of drug-likeness (QED) is 0.227. The van der Waals surface area contributed by atoms with Crippen molar-refractivity contribution in [3.8, 4) is 11.5 Å². The summed E-state index contributed by atoms with van der Waals surface area (Å²) in [5.74, 6) is -0.265. The highest BCUT2D eigenvalue weighted by molar-refractivity contribution is 6.32. The van der Waals surface area contributed by atoms with Gasteiger partial charge in [-0.15, -0.1) is 0 Å². The number of fused-ring (bicyclic) bond motifs is 5. The Morgan fingerprint density at radius 3 is 2.10 bits per heavy atom. The minimum Gasteiger partial charge on any atom is -0.497 e. The van der Waals surface area contributed by atoms with E-state index in [0.29, 0.717) is 28.2 Å². The number of ketones is 3. The molecule has 1 unspecified atom stereocenters. The summed E-state index contributed by atoms with van der Waals surface area (Å²) in [4.78, 5) is 46.1. The first kappa shape index (κ1) is 25.0. The third kappa shape index (κ3) is 3.40. The molecule has 0 amide bonds. The number of carbonyl (C=O) groups is 3. The number of nitrogens with zero attached hydrogens (tertiary/aromatic N) is 1. The van der Waals surface area contributed by atoms with Crippen molar-refractivity contribution < 1.29 is 23.9 Å². The van der Waals surface area contributed by atoms with E-state index >= 15 is 0 Å². The normalized spacial score (nSPS) is 21.4. The molecule has 0 saturated carbocycles. The average molecular weight is 542 g/mol. The molecule has 4 aromatic rings. The van der Waals surface area contributed by atoms with Crippen LogP contribution < -0.4 is 14.4 Å². The van der Waals surface area contributed by atoms with Crippen LogP contribution in [-0.2, 0) is 0 Å². The molecule has 1 spiro atoms. The maximum Gasteiger partial charge on any atom is 0.186 e. The third-order valence-corrected chi connectivity index (χ3v) is 8.81. The second kappa shape index (κ2) is 9.30. The molecule has 0 bridgehead atoms. The highest BCUT2D eigenvalue weighted by atomic mass is 16.5. The average Bonchev–Trinajstić information content (AvgIpc) is 3.47. The van der Waals surface area contributed by atoms with Gasteiger partial charge in [-0.1, -0.05) is 78.9 Å². The Bertz CT molecular complexity index is 1720. The smallest absolute Gasteiger partial charge is 0.186 e. The summed E-state index contributed by atoms with van der Waals surface area (Å²) >= 11 is 0. The number of Topliss-reactive ketones (excluding diaryl/α,β-unsaturated/α-hetero) is 3. The SMILES string of the molecule is COc1ccc([C@H]2[C@H](C(=O)c3cccc(OC)c3)N3c4ccccc4C=CC3C23C(=O)c2ccccc2C3=O)cc1. The molecule has 1 saturated heterocycles. The summed E-state index contributed by atoms with van der Waals surface area (Å²) < 4.78 is 10.9. The molecule has 0 radical (unpaired) electrons. The van der Waals surface area contributed by atoms with Crippen molar-refractivity contribution >= 4 is 29.1 Å². The van der Waals surface area contributed by atoms with Crippen molar-refractivity contribution in [3.63, 3.8) is 0 Å². The molecule has 0 N–H and O–H groups in total. The number of rotatable bonds is 5. The van der Waals surface area contributed by atoms with Crippen molar-refractivity contribution in [1.29, 1.82) is 0 Å². The van der Waals surface area contributed by atoms with Crippen molar-refractivity contribution in [2.24, 2.45) is 5.41 Å². The Hall–Kier alpha value is -4.97. The van der Waals surface area contributed by atoms with Crippen LogP contribution in [0, 0.1) is 5.41 Å². The van der Waals surface area contributed by atoms with Crippen LogP contribution in [0.5, 0.6) is 11.5 Å². The summed E-state index contributed by atoms with van der Waals surface area (Å²) in [6.45, 7) is 0. The van der Waals surface area contributed by atoms with Gasteiger partial charge in [0, 0.05) is 28.3 Å². The molecular formula is C35H27NO5. The van der Waals surface area contributed by atoms with Gasteiger partial charge in [-0.05, 0) is 41.5 Å². The van der Waals surface area contributed by atoms with Gasteiger partial charge < -0.3 is 14.4 Å². The molecule has 4 aromatic carbocycles. The van der Waals surface area contributed by atoms with E-state index in [-0.39, 0.29) is 17.3 Å². The van der Waals surface area contributed by atoms with Gasteiger partial charge >= 0.3 is 0 Å². The Morgan fingerprint density at radius 2 is 1.41 bits per heavy atom. The molecule has 41 heavy (non-hydrogen) atoms. The molecule has 6 nitrogen and oxygen atoms in total. The lowest BCUT2D eigenvalue weighted by Gasteiger charge is -2.37. The van der Waals surface area contributed by atoms with Gasteiger partial charge in [0.2, 0.25) is 0 Å². The molecular weight excluding hydrogens is 514 g/mol. The number of benzene rings is 4. The number of para-hydroxylation sites is 1. The Morgan fingerprint density at radius 1 is 0.756 bits per heavy atom. The zero-order valence-electron chi connectivity index (χ0n) is 22.6. The number of anilines is 1. The Labute approximate surface area is 237 Å². The van der Waals surface area contributed by atoms with Crippen LogP contribution >= 0.6 is 0 Å². The molecule has 1 aliphatic carbocycles. The Balaban J connectivity index is 1.53. The lowest BCUT2D eigenvalue weighted by atomic mass is 9.64. The van der Waals surface area contributed by atoms with Gasteiger partial charge in [-0.2, -0.15) is 0 Å². The Kier molecular flexibility index (Phi) is 5.68. The first-order valence-corrected chi connectivity index (χ1v) is 13.6. The van der Waals surface area contributed by atoms with E-state index in [1.807, 2.05) is 65.6 Å². The van der Waals surface area contributed by atoms with Gasteiger partial charge in [-0.3, -0.25) is 14.4 Å². The molecule has 2 aliphatic heterocycles. The largest absolute Gasteiger partial charge is 0.497 e. The van der Waals surface area contributed by atoms with Crippen LogP contribution in [0.1, 0.15) is 48.1 Å². The highest BCUT2D eigenvalue weighted by Crippen LogP contribution is 2.61. The number of carbonyl (C=O) groups excluding carboxylic acids is 3. The molecule has 3 aliphatic rings. The highest BCUT2D eigenvalue weighted by Gasteiger charge is 2.71. The summed E-state index contributed by atoms with van der Waals surface area (Å²) in [5.41, 5.74) is 2.17. The molecule has 3 atom stereocenters. The maximum atomic E-state index is 14.7. The number of hydrogen-bond acceptors (Lipinski definition) is 6. The van der Waals surface area contributed by atoms with Gasteiger partial charge in [0.25, 0.3) is 0 Å². The van der Waals surface area contributed by atoms with E-state index < -0.39 is 23.4 Å². The van der Waals surface area contributed by atoms with E-state index in [9.17, 15) is 14.4 Å². The van der Waals surface area contributed by atoms with Gasteiger partial charge in [-0.25, -0.2) is 0 Å². The molecule has 1 fully saturated rings. The summed E-state index contributed by atoms with van der Waals surface area (Å²) in [5, 5.41) is 0. The van der Waals surface area contributed by atoms with Gasteiger partial charge in [0.15, 0.2) is 17.3 Å². The molecule has 6 heteroatoms. The fourth-order valence-corrected chi connectivity index (χ4v) is 7.05. The summed E-state index contributed by atoms with van der Waals surface area (Å²) in [6.07, 6.45) is 3.89. The molecule has 7 rings (SSSR count). The topological polar surface area (TPSA) is 72.9 Å². The second-order valence-electron chi connectivity index (χ2n) is 10.6. The van der Waals surface area contributed by atoms with Crippen LogP contribution in [0.15, 0.2) is 103 Å². The lowest BCUT2D eigenvalue weighted by molar-refractivity contribution is 0.0666. The number of hydrogen-bond donors (Lipinski definition) is 0. The first-order valence-electron chi connectivity index (χ1n) is 13.6. The molecule has 202 valence electrons. The van der Waals surface area contributed by atoms with Crippen molar-refractivity contribution in [3.05, 3.63) is 131 Å². The number of methoxy groups -OCH3 is 2. The number of ether oxygens (including phenoxy) is 2. The summed E-state index contributed by atoms with van der Waals surface area (Å²) in [6, 6.07) is 27.7. The van der Waals surface area contributed by atoms with E-state index in [1.165, 1.54) is 0 Å². The van der Waals surface area contributed by atoms with Crippen LogP contribution in [-0.4, -0.2) is 43.7 Å². The monoisotopic (exact) mass is 541 g/mol. The van der Waals surface area contributed by atoms with Crippen molar-refractivity contribution in [2.45, 2.75) is 18.0 Å². The fourth-order valence-electron chi connectivity index (χ4n) is 7.05. The van der Waals surface area contributed by atoms with E-state index in [2.05, 4.69) is 0 Å². The zero-order valence-corrected chi connectivity index (χ0v) is 22.6. The zero-order chi connectivity index (χ0) is 28.3. The molecule has 0 aromatic heterocycles. The van der Waals surface area contributed by atoms with Gasteiger partial charge in [0.05, 0.1) is 20.3 Å². The standard InChI is InChI=1S/C35H27NO5/c1-40-24-17-14-22(15-18-24)30-31(32(37)23-9-7-10-25(20-23)41-2)36-28-13-6-3-8-21(28)16-19-29(36)35(30)33(38)26-11-4-5-12-27(26)34(35)39/h3-20,29-31H,1-2H3/t29?,30-,31+/m0/s1. The van der Waals surface area contributed by atoms with Gasteiger partial charge in [0.1, 0.15) is 23.0 Å². The van der Waals surface area contributed by atoms with Crippen LogP contribution in [0.4, 0.5) is 5.69 Å². The van der Waals surface area contributed by atoms with Crippen LogP contribution in [0.2, 0.25) is 0 Å².